The third kappa shape index (κ3) is 12.5. The van der Waals surface area contributed by atoms with Gasteiger partial charge in [0, 0.05) is 75.6 Å². The van der Waals surface area contributed by atoms with Crippen LogP contribution in [0.2, 0.25) is 0 Å². The molecule has 1 aliphatic carbocycles. The van der Waals surface area contributed by atoms with Crippen LogP contribution in [0.25, 0.3) is 0 Å². The zero-order valence-electron chi connectivity index (χ0n) is 34.8. The summed E-state index contributed by atoms with van der Waals surface area (Å²) in [6.07, 6.45) is 2.54. The Labute approximate surface area is 345 Å². The first-order chi connectivity index (χ1) is 28.1. The lowest BCUT2D eigenvalue weighted by Crippen LogP contribution is -2.48. The van der Waals surface area contributed by atoms with E-state index in [9.17, 15) is 33.9 Å². The fourth-order valence-corrected chi connectivity index (χ4v) is 7.23. The molecule has 4 amide bonds. The van der Waals surface area contributed by atoms with Gasteiger partial charge in [-0.1, -0.05) is 50.3 Å². The number of hydrogen-bond donors (Lipinski definition) is 4. The van der Waals surface area contributed by atoms with Gasteiger partial charge in [-0.25, -0.2) is 9.59 Å². The van der Waals surface area contributed by atoms with Gasteiger partial charge in [-0.3, -0.25) is 24.1 Å². The molecule has 1 aromatic rings. The van der Waals surface area contributed by atoms with E-state index in [4.69, 9.17) is 24.7 Å². The SMILES string of the molecule is CCOC(=O)N1CCN(Cc2ccc(C(=O)NC3=C4C[C@@H](C)C[C@H](OC)[C@H](O)[C@@H](C)/C=C(\C)[C@H](OC(N)=O)[C@@H](OC)/C=C\C=C(/C)C(=O)NC(=CC3=O)C4=O)cc2)CC1. The quantitative estimate of drug-likeness (QED) is 0.219. The second-order valence-corrected chi connectivity index (χ2v) is 15.0. The number of aliphatic hydroxyl groups excluding tert-OH is 1. The number of ether oxygens (including phenoxy) is 4. The third-order valence-corrected chi connectivity index (χ3v) is 10.6. The fourth-order valence-electron chi connectivity index (χ4n) is 7.23. The van der Waals surface area contributed by atoms with Crippen LogP contribution in [0.4, 0.5) is 9.59 Å². The molecule has 5 N–H and O–H groups in total. The van der Waals surface area contributed by atoms with E-state index in [1.165, 1.54) is 33.3 Å². The van der Waals surface area contributed by atoms with Gasteiger partial charge in [0.15, 0.2) is 6.10 Å². The molecule has 1 saturated heterocycles. The van der Waals surface area contributed by atoms with Crippen LogP contribution in [0.3, 0.4) is 0 Å². The number of piperazine rings is 1. The molecule has 2 heterocycles. The lowest BCUT2D eigenvalue weighted by Gasteiger charge is -2.34. The van der Waals surface area contributed by atoms with Gasteiger partial charge in [-0.05, 0) is 62.8 Å². The summed E-state index contributed by atoms with van der Waals surface area (Å²) in [4.78, 5) is 82.6. The number of allylic oxidation sites excluding steroid dienone is 4. The van der Waals surface area contributed by atoms with Crippen LogP contribution in [0.5, 0.6) is 0 Å². The number of amides is 4. The molecule has 1 aromatic carbocycles. The van der Waals surface area contributed by atoms with E-state index in [1.54, 1.807) is 50.0 Å². The van der Waals surface area contributed by atoms with E-state index in [-0.39, 0.29) is 53.0 Å². The summed E-state index contributed by atoms with van der Waals surface area (Å²) in [5.41, 5.74) is 6.84. The van der Waals surface area contributed by atoms with Crippen LogP contribution >= 0.6 is 0 Å². The Morgan fingerprint density at radius 1 is 1.00 bits per heavy atom. The molecule has 3 aliphatic rings. The number of nitrogens with one attached hydrogen (secondary N) is 2. The van der Waals surface area contributed by atoms with Gasteiger partial charge in [0.2, 0.25) is 11.6 Å². The number of nitrogens with zero attached hydrogens (tertiary/aromatic N) is 2. The molecule has 0 unspecified atom stereocenters. The van der Waals surface area contributed by atoms with Crippen LogP contribution in [-0.4, -0.2) is 122 Å². The van der Waals surface area contributed by atoms with E-state index in [2.05, 4.69) is 15.5 Å². The summed E-state index contributed by atoms with van der Waals surface area (Å²) >= 11 is 0. The van der Waals surface area contributed by atoms with Crippen molar-refractivity contribution < 1.29 is 52.8 Å². The number of nitrogens with two attached hydrogens (primary N) is 1. The van der Waals surface area contributed by atoms with E-state index < -0.39 is 59.8 Å². The zero-order valence-corrected chi connectivity index (χ0v) is 34.8. The molecule has 320 valence electrons. The van der Waals surface area contributed by atoms with Crippen molar-refractivity contribution in [2.45, 2.75) is 78.4 Å². The Morgan fingerprint density at radius 2 is 1.68 bits per heavy atom. The Kier molecular flexibility index (Phi) is 16.9. The second kappa shape index (κ2) is 21.5. The number of fused-ring (bicyclic) bond motifs is 2. The molecule has 2 aliphatic heterocycles. The molecule has 6 atom stereocenters. The molecule has 0 aromatic heterocycles. The van der Waals surface area contributed by atoms with Gasteiger partial charge >= 0.3 is 12.2 Å². The van der Waals surface area contributed by atoms with Gasteiger partial charge in [0.25, 0.3) is 11.8 Å². The first-order valence-corrected chi connectivity index (χ1v) is 19.7. The number of primary amides is 1. The first-order valence-electron chi connectivity index (χ1n) is 19.7. The molecule has 16 heteroatoms. The zero-order chi connectivity index (χ0) is 43.4. The Morgan fingerprint density at radius 3 is 2.29 bits per heavy atom. The molecular formula is C43H57N5O11. The van der Waals surface area contributed by atoms with Crippen molar-refractivity contribution in [1.82, 2.24) is 20.4 Å². The van der Waals surface area contributed by atoms with E-state index in [0.29, 0.717) is 44.9 Å². The summed E-state index contributed by atoms with van der Waals surface area (Å²) in [5.74, 6) is -3.49. The van der Waals surface area contributed by atoms with Crippen molar-refractivity contribution in [3.63, 3.8) is 0 Å². The van der Waals surface area contributed by atoms with Crippen LogP contribution in [0.1, 0.15) is 63.4 Å². The number of carbonyl (C=O) groups excluding carboxylic acids is 6. The number of benzene rings is 1. The molecule has 4 rings (SSSR count). The second-order valence-electron chi connectivity index (χ2n) is 15.0. The van der Waals surface area contributed by atoms with E-state index in [0.717, 1.165) is 11.6 Å². The monoisotopic (exact) mass is 819 g/mol. The van der Waals surface area contributed by atoms with Crippen molar-refractivity contribution in [1.29, 1.82) is 0 Å². The Bertz CT molecular complexity index is 1890. The molecule has 59 heavy (non-hydrogen) atoms. The van der Waals surface area contributed by atoms with Gasteiger partial charge in [-0.2, -0.15) is 0 Å². The maximum atomic E-state index is 14.1. The maximum absolute atomic E-state index is 14.1. The number of ketones is 2. The number of methoxy groups -OCH3 is 2. The van der Waals surface area contributed by atoms with Crippen LogP contribution < -0.4 is 16.4 Å². The highest BCUT2D eigenvalue weighted by Gasteiger charge is 2.34. The van der Waals surface area contributed by atoms with Crippen molar-refractivity contribution in [3.8, 4) is 0 Å². The Balaban J connectivity index is 1.61. The Hall–Kier alpha value is -5.42. The van der Waals surface area contributed by atoms with Crippen molar-refractivity contribution in [3.05, 3.63) is 93.9 Å². The number of Topliss-reactive ketones (excluding diaryl/α,β-unsaturated/α-hetero) is 1. The smallest absolute Gasteiger partial charge is 0.409 e. The normalized spacial score (nSPS) is 27.7. The molecule has 2 bridgehead atoms. The average molecular weight is 820 g/mol. The topological polar surface area (TPSA) is 216 Å². The summed E-state index contributed by atoms with van der Waals surface area (Å²) in [7, 11) is 2.87. The fraction of sp³-hybridized carbons (Fsp3) is 0.488. The molecule has 0 radical (unpaired) electrons. The van der Waals surface area contributed by atoms with Gasteiger partial charge in [-0.15, -0.1) is 0 Å². The lowest BCUT2D eigenvalue weighted by molar-refractivity contribution is -0.120. The van der Waals surface area contributed by atoms with Crippen LogP contribution in [0, 0.1) is 11.8 Å². The highest BCUT2D eigenvalue weighted by atomic mass is 16.6. The van der Waals surface area contributed by atoms with Gasteiger partial charge in [0.05, 0.1) is 30.2 Å². The number of rotatable bonds is 8. The minimum Gasteiger partial charge on any atom is -0.450 e. The number of aliphatic hydroxyl groups is 1. The highest BCUT2D eigenvalue weighted by Crippen LogP contribution is 2.29. The molecule has 0 spiro atoms. The predicted octanol–water partition coefficient (Wildman–Crippen LogP) is 3.47. The third-order valence-electron chi connectivity index (χ3n) is 10.6. The summed E-state index contributed by atoms with van der Waals surface area (Å²) in [6, 6.07) is 6.90. The van der Waals surface area contributed by atoms with Gasteiger partial charge < -0.3 is 45.3 Å². The number of hydrogen-bond acceptors (Lipinski definition) is 12. The lowest BCUT2D eigenvalue weighted by atomic mass is 9.85. The van der Waals surface area contributed by atoms with E-state index in [1.807, 2.05) is 19.1 Å². The highest BCUT2D eigenvalue weighted by molar-refractivity contribution is 6.24. The summed E-state index contributed by atoms with van der Waals surface area (Å²) in [5, 5.41) is 16.7. The molecule has 16 nitrogen and oxygen atoms in total. The largest absolute Gasteiger partial charge is 0.450 e. The van der Waals surface area contributed by atoms with Crippen molar-refractivity contribution in [2.75, 3.05) is 47.0 Å². The van der Waals surface area contributed by atoms with Crippen molar-refractivity contribution in [2.24, 2.45) is 17.6 Å². The maximum Gasteiger partial charge on any atom is 0.409 e. The average Bonchev–Trinajstić information content (AvgIpc) is 3.20. The number of carbonyl (C=O) groups is 6. The first kappa shape index (κ1) is 46.3. The van der Waals surface area contributed by atoms with E-state index >= 15 is 0 Å². The minimum atomic E-state index is -1.06. The van der Waals surface area contributed by atoms with Crippen LogP contribution in [0.15, 0.2) is 82.8 Å². The predicted molar refractivity (Wildman–Crippen MR) is 217 cm³/mol. The molecule has 1 fully saturated rings. The summed E-state index contributed by atoms with van der Waals surface area (Å²) < 4.78 is 21.8. The standard InChI is InChI=1S/C43H57N5O11/c1-8-58-43(55)48-18-16-47(17-19-48)24-29-12-14-30(15-13-29)41(53)46-36-31-20-25(2)21-35(57-7)37(50)27(4)22-28(5)39(59-42(44)54)34(56-6)11-9-10-26(3)40(52)45-32(38(31)51)23-33(36)49/h9-15,22-23,25,27,34-35,37,39,50H,8,16-21,24H2,1-7H3,(H2,44,54)(H,45,52)(H,46,53)/b11-9-,26-10+,28-22+/t25-,27+,34+,35+,37-,39+/m1/s1. The van der Waals surface area contributed by atoms with Gasteiger partial charge in [0.1, 0.15) is 6.10 Å². The summed E-state index contributed by atoms with van der Waals surface area (Å²) in [6.45, 7) is 11.9. The van der Waals surface area contributed by atoms with Crippen molar-refractivity contribution >= 4 is 35.6 Å². The molecule has 0 saturated carbocycles. The minimum absolute atomic E-state index is 0.00538. The van der Waals surface area contributed by atoms with Crippen LogP contribution in [-0.2, 0) is 39.9 Å². The molecular weight excluding hydrogens is 762 g/mol.